The van der Waals surface area contributed by atoms with E-state index < -0.39 is 0 Å². The lowest BCUT2D eigenvalue weighted by Crippen LogP contribution is -2.35. The molecule has 0 saturated carbocycles. The molecule has 1 fully saturated rings. The molecule has 24 heavy (non-hydrogen) atoms. The number of aryl methyl sites for hydroxylation is 2. The first-order chi connectivity index (χ1) is 11.6. The van der Waals surface area contributed by atoms with Gasteiger partial charge in [-0.25, -0.2) is 9.48 Å². The van der Waals surface area contributed by atoms with Crippen molar-refractivity contribution in [2.75, 3.05) is 13.1 Å². The van der Waals surface area contributed by atoms with Gasteiger partial charge in [0.2, 0.25) is 0 Å². The Bertz CT molecular complexity index is 728. The van der Waals surface area contributed by atoms with Crippen molar-refractivity contribution in [1.29, 1.82) is 0 Å². The molecule has 6 nitrogen and oxygen atoms in total. The van der Waals surface area contributed by atoms with Crippen LogP contribution < -0.4 is 5.69 Å². The minimum absolute atomic E-state index is 0.0140. The second kappa shape index (κ2) is 7.38. The molecule has 1 atom stereocenters. The van der Waals surface area contributed by atoms with E-state index in [2.05, 4.69) is 29.1 Å². The summed E-state index contributed by atoms with van der Waals surface area (Å²) in [6, 6.07) is 4.19. The van der Waals surface area contributed by atoms with Gasteiger partial charge in [0.05, 0.1) is 6.54 Å². The molecule has 0 amide bonds. The molecule has 0 spiro atoms. The largest absolute Gasteiger partial charge is 0.465 e. The topological polar surface area (TPSA) is 56.2 Å². The summed E-state index contributed by atoms with van der Waals surface area (Å²) in [5.74, 6) is 3.36. The van der Waals surface area contributed by atoms with Gasteiger partial charge < -0.3 is 4.42 Å². The van der Waals surface area contributed by atoms with Crippen molar-refractivity contribution < 1.29 is 4.42 Å². The third-order valence-corrected chi connectivity index (χ3v) is 4.82. The lowest BCUT2D eigenvalue weighted by atomic mass is 9.97. The zero-order valence-corrected chi connectivity index (χ0v) is 15.0. The van der Waals surface area contributed by atoms with Crippen molar-refractivity contribution in [3.63, 3.8) is 0 Å². The Morgan fingerprint density at radius 1 is 1.29 bits per heavy atom. The van der Waals surface area contributed by atoms with Gasteiger partial charge in [0, 0.05) is 32.5 Å². The zero-order chi connectivity index (χ0) is 17.1. The van der Waals surface area contributed by atoms with Crippen LogP contribution in [0, 0.1) is 0 Å². The van der Waals surface area contributed by atoms with Gasteiger partial charge in [-0.05, 0) is 44.9 Å². The zero-order valence-electron chi connectivity index (χ0n) is 15.0. The summed E-state index contributed by atoms with van der Waals surface area (Å²) < 4.78 is 9.18. The van der Waals surface area contributed by atoms with E-state index in [4.69, 9.17) is 4.42 Å². The molecular weight excluding hydrogens is 304 g/mol. The van der Waals surface area contributed by atoms with E-state index in [1.807, 2.05) is 6.92 Å². The van der Waals surface area contributed by atoms with E-state index in [-0.39, 0.29) is 5.69 Å². The number of rotatable bonds is 6. The molecule has 0 unspecified atom stereocenters. The first kappa shape index (κ1) is 17.0. The van der Waals surface area contributed by atoms with Crippen LogP contribution in [-0.2, 0) is 26.6 Å². The number of hydrogen-bond acceptors (Lipinski definition) is 4. The minimum atomic E-state index is -0.0140. The molecule has 1 saturated heterocycles. The van der Waals surface area contributed by atoms with Crippen LogP contribution in [0.4, 0.5) is 0 Å². The van der Waals surface area contributed by atoms with Crippen molar-refractivity contribution in [3.05, 3.63) is 40.0 Å². The van der Waals surface area contributed by atoms with Crippen LogP contribution in [0.25, 0.3) is 0 Å². The number of furan rings is 1. The maximum atomic E-state index is 12.1. The molecular formula is C18H28N4O2. The highest BCUT2D eigenvalue weighted by Gasteiger charge is 2.27. The van der Waals surface area contributed by atoms with E-state index in [0.717, 1.165) is 62.7 Å². The van der Waals surface area contributed by atoms with Crippen LogP contribution >= 0.6 is 0 Å². The van der Waals surface area contributed by atoms with Gasteiger partial charge in [-0.2, -0.15) is 5.10 Å². The molecule has 2 aromatic heterocycles. The van der Waals surface area contributed by atoms with Crippen LogP contribution in [-0.4, -0.2) is 32.3 Å². The maximum Gasteiger partial charge on any atom is 0.345 e. The Balaban J connectivity index is 1.70. The van der Waals surface area contributed by atoms with E-state index in [0.29, 0.717) is 12.5 Å². The Labute approximate surface area is 143 Å². The van der Waals surface area contributed by atoms with Crippen LogP contribution in [0.1, 0.15) is 56.4 Å². The SMILES string of the molecule is CCCc1ccc(CN2CCC[C@@H](c3nn(C)c(=O)n3CC)C2)o1. The Morgan fingerprint density at radius 3 is 2.83 bits per heavy atom. The van der Waals surface area contributed by atoms with Crippen molar-refractivity contribution in [3.8, 4) is 0 Å². The molecule has 0 aromatic carbocycles. The fourth-order valence-electron chi connectivity index (χ4n) is 3.64. The quantitative estimate of drug-likeness (QED) is 0.816. The average Bonchev–Trinajstić information content (AvgIpc) is 3.13. The van der Waals surface area contributed by atoms with Gasteiger partial charge in [-0.15, -0.1) is 0 Å². The number of aromatic nitrogens is 3. The van der Waals surface area contributed by atoms with E-state index in [1.54, 1.807) is 11.6 Å². The first-order valence-electron chi connectivity index (χ1n) is 9.06. The van der Waals surface area contributed by atoms with Crippen LogP contribution in [0.2, 0.25) is 0 Å². The van der Waals surface area contributed by atoms with Crippen LogP contribution in [0.5, 0.6) is 0 Å². The summed E-state index contributed by atoms with van der Waals surface area (Å²) in [5, 5.41) is 4.49. The monoisotopic (exact) mass is 332 g/mol. The third-order valence-electron chi connectivity index (χ3n) is 4.82. The molecule has 3 heterocycles. The molecule has 132 valence electrons. The van der Waals surface area contributed by atoms with Crippen LogP contribution in [0.3, 0.4) is 0 Å². The molecule has 0 aliphatic carbocycles. The van der Waals surface area contributed by atoms with Gasteiger partial charge >= 0.3 is 5.69 Å². The van der Waals surface area contributed by atoms with Crippen molar-refractivity contribution in [2.24, 2.45) is 7.05 Å². The van der Waals surface area contributed by atoms with Crippen molar-refractivity contribution >= 4 is 0 Å². The van der Waals surface area contributed by atoms with E-state index in [1.165, 1.54) is 4.68 Å². The molecule has 3 rings (SSSR count). The number of hydrogen-bond donors (Lipinski definition) is 0. The molecule has 1 aliphatic rings. The molecule has 0 bridgehead atoms. The molecule has 0 N–H and O–H groups in total. The van der Waals surface area contributed by atoms with Gasteiger partial charge in [-0.1, -0.05) is 6.92 Å². The second-order valence-corrected chi connectivity index (χ2v) is 6.70. The lowest BCUT2D eigenvalue weighted by Gasteiger charge is -2.31. The highest BCUT2D eigenvalue weighted by molar-refractivity contribution is 5.08. The first-order valence-corrected chi connectivity index (χ1v) is 9.06. The summed E-state index contributed by atoms with van der Waals surface area (Å²) in [4.78, 5) is 14.6. The average molecular weight is 332 g/mol. The van der Waals surface area contributed by atoms with Gasteiger partial charge in [0.15, 0.2) is 0 Å². The predicted molar refractivity (Wildman–Crippen MR) is 93.1 cm³/mol. The van der Waals surface area contributed by atoms with Gasteiger partial charge in [0.1, 0.15) is 17.3 Å². The molecule has 6 heteroatoms. The predicted octanol–water partition coefficient (Wildman–Crippen LogP) is 2.53. The lowest BCUT2D eigenvalue weighted by molar-refractivity contribution is 0.180. The fraction of sp³-hybridized carbons (Fsp3) is 0.667. The summed E-state index contributed by atoms with van der Waals surface area (Å²) in [7, 11) is 1.73. The minimum Gasteiger partial charge on any atom is -0.465 e. The van der Waals surface area contributed by atoms with Gasteiger partial charge in [-0.3, -0.25) is 9.47 Å². The van der Waals surface area contributed by atoms with E-state index >= 15 is 0 Å². The summed E-state index contributed by atoms with van der Waals surface area (Å²) in [6.07, 6.45) is 4.32. The van der Waals surface area contributed by atoms with E-state index in [9.17, 15) is 4.79 Å². The third kappa shape index (κ3) is 3.48. The Morgan fingerprint density at radius 2 is 2.08 bits per heavy atom. The number of piperidine rings is 1. The van der Waals surface area contributed by atoms with Crippen LogP contribution in [0.15, 0.2) is 21.3 Å². The highest BCUT2D eigenvalue weighted by atomic mass is 16.3. The molecule has 2 aromatic rings. The maximum absolute atomic E-state index is 12.1. The standard InChI is InChI=1S/C18H28N4O2/c1-4-7-15-9-10-16(24-15)13-21-11-6-8-14(12-21)17-19-20(3)18(23)22(17)5-2/h9-10,14H,4-8,11-13H2,1-3H3/t14-/m1/s1. The summed E-state index contributed by atoms with van der Waals surface area (Å²) in [5.41, 5.74) is -0.0140. The number of nitrogens with zero attached hydrogens (tertiary/aromatic N) is 4. The Kier molecular flexibility index (Phi) is 5.23. The summed E-state index contributed by atoms with van der Waals surface area (Å²) >= 11 is 0. The van der Waals surface area contributed by atoms with Gasteiger partial charge in [0.25, 0.3) is 0 Å². The normalized spacial score (nSPS) is 19.0. The molecule has 1 aliphatic heterocycles. The highest BCUT2D eigenvalue weighted by Crippen LogP contribution is 2.26. The number of likely N-dealkylation sites (tertiary alicyclic amines) is 1. The second-order valence-electron chi connectivity index (χ2n) is 6.70. The smallest absolute Gasteiger partial charge is 0.345 e. The van der Waals surface area contributed by atoms with Crippen molar-refractivity contribution in [1.82, 2.24) is 19.2 Å². The van der Waals surface area contributed by atoms with Crippen molar-refractivity contribution in [2.45, 2.75) is 58.5 Å². The fourth-order valence-corrected chi connectivity index (χ4v) is 3.64. The summed E-state index contributed by atoms with van der Waals surface area (Å²) in [6.45, 7) is 7.69. The molecule has 0 radical (unpaired) electrons. The Hall–Kier alpha value is -1.82.